The van der Waals surface area contributed by atoms with Crippen LogP contribution in [0.15, 0.2) is 71.5 Å². The van der Waals surface area contributed by atoms with Gasteiger partial charge in [0.25, 0.3) is 5.56 Å². The third kappa shape index (κ3) is 4.98. The highest BCUT2D eigenvalue weighted by Crippen LogP contribution is 2.40. The number of hydrogen-bond donors (Lipinski definition) is 2. The summed E-state index contributed by atoms with van der Waals surface area (Å²) in [5.41, 5.74) is 4.56. The Balaban J connectivity index is 1.36. The Morgan fingerprint density at radius 2 is 1.79 bits per heavy atom. The molecule has 0 atom stereocenters. The second kappa shape index (κ2) is 9.47. The summed E-state index contributed by atoms with van der Waals surface area (Å²) in [4.78, 5) is 32.4. The van der Waals surface area contributed by atoms with Crippen LogP contribution in [0.4, 0.5) is 5.82 Å². The molecule has 1 aliphatic carbocycles. The van der Waals surface area contributed by atoms with E-state index in [0.717, 1.165) is 41.6 Å². The van der Waals surface area contributed by atoms with Gasteiger partial charge in [-0.2, -0.15) is 9.78 Å². The van der Waals surface area contributed by atoms with Crippen LogP contribution in [-0.2, 0) is 17.6 Å². The number of H-pyrrole nitrogens is 1. The van der Waals surface area contributed by atoms with Gasteiger partial charge in [0.15, 0.2) is 0 Å². The van der Waals surface area contributed by atoms with Crippen LogP contribution in [-0.4, -0.2) is 25.7 Å². The molecule has 0 unspecified atom stereocenters. The molecule has 2 aromatic carbocycles. The highest BCUT2D eigenvalue weighted by molar-refractivity contribution is 5.91. The molecule has 2 aromatic heterocycles. The van der Waals surface area contributed by atoms with Gasteiger partial charge in [-0.15, -0.1) is 0 Å². The first kappa shape index (κ1) is 21.8. The Bertz CT molecular complexity index is 1350. The van der Waals surface area contributed by atoms with Gasteiger partial charge in [-0.25, -0.2) is 4.98 Å². The molecule has 0 radical (unpaired) electrons. The van der Waals surface area contributed by atoms with Crippen molar-refractivity contribution in [1.29, 1.82) is 0 Å². The van der Waals surface area contributed by atoms with Crippen molar-refractivity contribution in [3.05, 3.63) is 94.0 Å². The van der Waals surface area contributed by atoms with Crippen LogP contribution >= 0.6 is 0 Å². The molecule has 4 aromatic rings. The second-order valence-electron chi connectivity index (χ2n) is 8.74. The lowest BCUT2D eigenvalue weighted by Crippen LogP contribution is -2.20. The average molecular weight is 454 g/mol. The Morgan fingerprint density at radius 3 is 2.50 bits per heavy atom. The Kier molecular flexibility index (Phi) is 6.08. The first-order valence-electron chi connectivity index (χ1n) is 11.7. The molecule has 1 fully saturated rings. The molecule has 1 aliphatic rings. The van der Waals surface area contributed by atoms with Gasteiger partial charge >= 0.3 is 0 Å². The zero-order chi connectivity index (χ0) is 23.5. The molecule has 1 amide bonds. The van der Waals surface area contributed by atoms with E-state index in [4.69, 9.17) is 0 Å². The molecule has 0 aliphatic heterocycles. The largest absolute Gasteiger partial charge is 0.310 e. The van der Waals surface area contributed by atoms with Crippen LogP contribution in [0.25, 0.3) is 17.1 Å². The van der Waals surface area contributed by atoms with Gasteiger partial charge in [-0.3, -0.25) is 14.6 Å². The second-order valence-corrected chi connectivity index (χ2v) is 8.74. The maximum atomic E-state index is 12.9. The normalized spacial score (nSPS) is 13.1. The van der Waals surface area contributed by atoms with Gasteiger partial charge in [-0.05, 0) is 36.0 Å². The summed E-state index contributed by atoms with van der Waals surface area (Å²) >= 11 is 0. The summed E-state index contributed by atoms with van der Waals surface area (Å²) < 4.78 is 1.55. The van der Waals surface area contributed by atoms with Gasteiger partial charge < -0.3 is 5.32 Å². The Hall–Kier alpha value is -4.00. The van der Waals surface area contributed by atoms with E-state index in [1.165, 1.54) is 6.07 Å². The standard InChI is InChI=1S/C27H27N5O2/c1-2-6-22-16-26(34)30-27(28-22)32-24(17-23(31-32)21-13-14-21)29-25(33)15-18-9-11-20(12-10-18)19-7-4-3-5-8-19/h3-5,7-12,16-17,21H,2,6,13-15H2,1H3,(H,29,33)(H,28,30,34). The van der Waals surface area contributed by atoms with Gasteiger partial charge in [0.1, 0.15) is 5.82 Å². The summed E-state index contributed by atoms with van der Waals surface area (Å²) in [5, 5.41) is 7.64. The van der Waals surface area contributed by atoms with Crippen molar-refractivity contribution in [2.24, 2.45) is 0 Å². The van der Waals surface area contributed by atoms with Crippen molar-refractivity contribution in [2.75, 3.05) is 5.32 Å². The quantitative estimate of drug-likeness (QED) is 0.407. The lowest BCUT2D eigenvalue weighted by Gasteiger charge is -2.09. The van der Waals surface area contributed by atoms with Crippen LogP contribution in [0.3, 0.4) is 0 Å². The number of benzene rings is 2. The summed E-state index contributed by atoms with van der Waals surface area (Å²) in [6, 6.07) is 21.5. The Labute approximate surface area is 197 Å². The predicted octanol–water partition coefficient (Wildman–Crippen LogP) is 4.63. The number of anilines is 1. The lowest BCUT2D eigenvalue weighted by atomic mass is 10.0. The van der Waals surface area contributed by atoms with Crippen LogP contribution in [0, 0.1) is 0 Å². The number of nitrogens with zero attached hydrogens (tertiary/aromatic N) is 3. The minimum absolute atomic E-state index is 0.150. The van der Waals surface area contributed by atoms with E-state index in [-0.39, 0.29) is 17.9 Å². The molecule has 5 rings (SSSR count). The van der Waals surface area contributed by atoms with E-state index >= 15 is 0 Å². The third-order valence-corrected chi connectivity index (χ3v) is 5.91. The summed E-state index contributed by atoms with van der Waals surface area (Å²) in [7, 11) is 0. The molecular weight excluding hydrogens is 426 g/mol. The van der Waals surface area contributed by atoms with Crippen molar-refractivity contribution in [3.63, 3.8) is 0 Å². The molecule has 2 heterocycles. The number of rotatable bonds is 8. The zero-order valence-electron chi connectivity index (χ0n) is 19.1. The first-order chi connectivity index (χ1) is 16.6. The zero-order valence-corrected chi connectivity index (χ0v) is 19.1. The fourth-order valence-electron chi connectivity index (χ4n) is 4.02. The Morgan fingerprint density at radius 1 is 1.06 bits per heavy atom. The van der Waals surface area contributed by atoms with Crippen LogP contribution in [0.2, 0.25) is 0 Å². The number of amides is 1. The topological polar surface area (TPSA) is 92.7 Å². The smallest absolute Gasteiger partial charge is 0.252 e. The van der Waals surface area contributed by atoms with Crippen molar-refractivity contribution >= 4 is 11.7 Å². The van der Waals surface area contributed by atoms with Gasteiger partial charge in [-0.1, -0.05) is 67.9 Å². The summed E-state index contributed by atoms with van der Waals surface area (Å²) in [5.74, 6) is 1.09. The molecule has 0 spiro atoms. The predicted molar refractivity (Wildman–Crippen MR) is 132 cm³/mol. The number of aromatic amines is 1. The number of nitrogens with one attached hydrogen (secondary N) is 2. The molecule has 7 nitrogen and oxygen atoms in total. The third-order valence-electron chi connectivity index (χ3n) is 5.91. The monoisotopic (exact) mass is 453 g/mol. The molecule has 2 N–H and O–H groups in total. The number of carbonyl (C=O) groups is 1. The van der Waals surface area contributed by atoms with Crippen molar-refractivity contribution in [3.8, 4) is 17.1 Å². The molecular formula is C27H27N5O2. The van der Waals surface area contributed by atoms with Crippen molar-refractivity contribution in [2.45, 2.75) is 44.9 Å². The van der Waals surface area contributed by atoms with E-state index in [1.807, 2.05) is 55.5 Å². The summed E-state index contributed by atoms with van der Waals surface area (Å²) in [6.07, 6.45) is 3.98. The maximum Gasteiger partial charge on any atom is 0.252 e. The highest BCUT2D eigenvalue weighted by Gasteiger charge is 2.28. The SMILES string of the molecule is CCCc1cc(=O)[nH]c(-n2nc(C3CC3)cc2NC(=O)Cc2ccc(-c3ccccc3)cc2)n1. The average Bonchev–Trinajstić information content (AvgIpc) is 3.60. The van der Waals surface area contributed by atoms with Crippen molar-refractivity contribution in [1.82, 2.24) is 19.7 Å². The van der Waals surface area contributed by atoms with Crippen LogP contribution in [0.5, 0.6) is 0 Å². The van der Waals surface area contributed by atoms with E-state index in [2.05, 4.69) is 32.5 Å². The number of aromatic nitrogens is 4. The van der Waals surface area contributed by atoms with E-state index in [0.29, 0.717) is 29.8 Å². The fraction of sp³-hybridized carbons (Fsp3) is 0.259. The minimum Gasteiger partial charge on any atom is -0.310 e. The molecule has 0 bridgehead atoms. The number of hydrogen-bond acceptors (Lipinski definition) is 4. The lowest BCUT2D eigenvalue weighted by molar-refractivity contribution is -0.115. The molecule has 0 saturated heterocycles. The highest BCUT2D eigenvalue weighted by atomic mass is 16.1. The fourth-order valence-corrected chi connectivity index (χ4v) is 4.02. The minimum atomic E-state index is -0.229. The van der Waals surface area contributed by atoms with Crippen LogP contribution in [0.1, 0.15) is 49.1 Å². The molecule has 1 saturated carbocycles. The van der Waals surface area contributed by atoms with Crippen molar-refractivity contribution < 1.29 is 4.79 Å². The van der Waals surface area contributed by atoms with Gasteiger partial charge in [0.2, 0.25) is 11.9 Å². The van der Waals surface area contributed by atoms with E-state index in [1.54, 1.807) is 4.68 Å². The number of carbonyl (C=O) groups excluding carboxylic acids is 1. The van der Waals surface area contributed by atoms with Gasteiger partial charge in [0, 0.05) is 23.7 Å². The molecule has 172 valence electrons. The van der Waals surface area contributed by atoms with E-state index < -0.39 is 0 Å². The molecule has 7 heteroatoms. The summed E-state index contributed by atoms with van der Waals surface area (Å²) in [6.45, 7) is 2.04. The molecule has 34 heavy (non-hydrogen) atoms. The number of aryl methyl sites for hydroxylation is 1. The first-order valence-corrected chi connectivity index (χ1v) is 11.7. The van der Waals surface area contributed by atoms with Crippen LogP contribution < -0.4 is 10.9 Å². The van der Waals surface area contributed by atoms with E-state index in [9.17, 15) is 9.59 Å². The van der Waals surface area contributed by atoms with Gasteiger partial charge in [0.05, 0.1) is 12.1 Å². The maximum absolute atomic E-state index is 12.9.